The van der Waals surface area contributed by atoms with E-state index < -0.39 is 0 Å². The Bertz CT molecular complexity index is 272. The molecule has 3 saturated carbocycles. The van der Waals surface area contributed by atoms with E-state index in [-0.39, 0.29) is 22.8 Å². The normalized spacial score (nSPS) is 24.1. The molecule has 0 spiro atoms. The average Bonchev–Trinajstić information content (AvgIpc) is 3.33. The molecule has 0 aromatic rings. The maximum absolute atomic E-state index is 4.94. The first-order valence-corrected chi connectivity index (χ1v) is 15.5. The standard InChI is InChI=1S/C18H33P.C4H8O.2CH3.ClH.Ru/c1-4-10-16(11-5-1)19(17-12-6-2-7-13-17)18-14-8-3-9-15-18;1-2-4-5-3-1;;;;/h16-18H,1-15H2;1-4H2;2*1H3;1H;/q;;2*-1;;+3. The Balaban J connectivity index is 0.000000699. The second kappa shape index (κ2) is 19.0. The van der Waals surface area contributed by atoms with E-state index >= 15 is 0 Å². The fourth-order valence-corrected chi connectivity index (χ4v) is 11.0. The molecule has 0 atom stereocenters. The van der Waals surface area contributed by atoms with Gasteiger partial charge in [0.2, 0.25) is 0 Å². The molecule has 28 heavy (non-hydrogen) atoms. The van der Waals surface area contributed by atoms with Crippen LogP contribution in [0.5, 0.6) is 0 Å². The van der Waals surface area contributed by atoms with Gasteiger partial charge in [0.25, 0.3) is 0 Å². The Morgan fingerprint density at radius 2 is 0.786 bits per heavy atom. The minimum atomic E-state index is -0.0465. The van der Waals surface area contributed by atoms with Crippen molar-refractivity contribution in [3.63, 3.8) is 0 Å². The number of halogens is 1. The van der Waals surface area contributed by atoms with Crippen LogP contribution >= 0.6 is 17.6 Å². The number of rotatable bonds is 3. The molecule has 1 aliphatic heterocycles. The summed E-state index contributed by atoms with van der Waals surface area (Å²) < 4.78 is 4.94. The summed E-state index contributed by atoms with van der Waals surface area (Å²) in [5.41, 5.74) is 3.68. The average molecular weight is 520 g/mol. The zero-order valence-electron chi connectivity index (χ0n) is 18.8. The fraction of sp³-hybridized carbons (Fsp3) is 0.917. The first kappa shape index (κ1) is 29.3. The molecule has 0 bridgehead atoms. The predicted molar refractivity (Wildman–Crippen MR) is 128 cm³/mol. The minimum absolute atomic E-state index is 0. The number of hydrogen-bond acceptors (Lipinski definition) is 1. The molecule has 4 heteroatoms. The molecule has 3 aliphatic carbocycles. The second-order valence-corrected chi connectivity index (χ2v) is 12.3. The molecule has 169 valence electrons. The van der Waals surface area contributed by atoms with Gasteiger partial charge >= 0.3 is 27.0 Å². The fourth-order valence-electron chi connectivity index (χ4n) is 5.82. The zero-order valence-corrected chi connectivity index (χ0v) is 22.3. The van der Waals surface area contributed by atoms with Gasteiger partial charge < -0.3 is 19.6 Å². The molecule has 0 N–H and O–H groups in total. The van der Waals surface area contributed by atoms with Crippen molar-refractivity contribution in [2.75, 3.05) is 13.2 Å². The van der Waals surface area contributed by atoms with Crippen LogP contribution < -0.4 is 0 Å². The molecular weight excluding hydrogens is 472 g/mol. The summed E-state index contributed by atoms with van der Waals surface area (Å²) in [6.07, 6.45) is 26.3. The molecular formula is C24H48ClOPRu+. The summed E-state index contributed by atoms with van der Waals surface area (Å²) in [6.45, 7) is 2.00. The van der Waals surface area contributed by atoms with Gasteiger partial charge in [0.05, 0.1) is 17.0 Å². The van der Waals surface area contributed by atoms with E-state index in [1.807, 2.05) is 17.3 Å². The third-order valence-electron chi connectivity index (χ3n) is 7.06. The van der Waals surface area contributed by atoms with E-state index in [0.717, 1.165) is 13.2 Å². The molecule has 0 radical (unpaired) electrons. The molecule has 1 nitrogen and oxygen atoms in total. The van der Waals surface area contributed by atoms with Crippen molar-refractivity contribution in [2.24, 2.45) is 0 Å². The van der Waals surface area contributed by atoms with Crippen molar-refractivity contribution in [1.82, 2.24) is 0 Å². The van der Waals surface area contributed by atoms with E-state index in [2.05, 4.69) is 9.69 Å². The molecule has 4 rings (SSSR count). The third-order valence-corrected chi connectivity index (χ3v) is 11.6. The van der Waals surface area contributed by atoms with Crippen molar-refractivity contribution >= 4 is 17.6 Å². The van der Waals surface area contributed by atoms with Gasteiger partial charge in [-0.3, -0.25) is 0 Å². The van der Waals surface area contributed by atoms with Crippen LogP contribution in [0.1, 0.15) is 109 Å². The molecule has 0 amide bonds. The summed E-state index contributed by atoms with van der Waals surface area (Å²) in [6, 6.07) is 0. The number of hydrogen-bond donors (Lipinski definition) is 0. The van der Waals surface area contributed by atoms with Gasteiger partial charge in [0.1, 0.15) is 0 Å². The van der Waals surface area contributed by atoms with Gasteiger partial charge in [-0.05, 0) is 89.9 Å². The van der Waals surface area contributed by atoms with E-state index in [4.69, 9.17) is 4.74 Å². The summed E-state index contributed by atoms with van der Waals surface area (Å²) in [5.74, 6) is 0. The van der Waals surface area contributed by atoms with E-state index in [1.165, 1.54) is 29.8 Å². The maximum atomic E-state index is 4.94. The van der Waals surface area contributed by atoms with Crippen LogP contribution in [0.3, 0.4) is 0 Å². The van der Waals surface area contributed by atoms with Crippen LogP contribution in [0.25, 0.3) is 0 Å². The van der Waals surface area contributed by atoms with Gasteiger partial charge in [-0.2, -0.15) is 0 Å². The van der Waals surface area contributed by atoms with E-state index in [0.29, 0.717) is 0 Å². The Morgan fingerprint density at radius 1 is 0.500 bits per heavy atom. The molecule has 4 aliphatic rings. The van der Waals surface area contributed by atoms with Crippen molar-refractivity contribution in [1.29, 1.82) is 0 Å². The molecule has 0 aromatic heterocycles. The Kier molecular flexibility index (Phi) is 19.9. The molecule has 1 saturated heterocycles. The topological polar surface area (TPSA) is 9.23 Å². The third kappa shape index (κ3) is 10.6. The van der Waals surface area contributed by atoms with E-state index in [1.54, 1.807) is 96.3 Å². The summed E-state index contributed by atoms with van der Waals surface area (Å²) in [5, 5.41) is 0. The van der Waals surface area contributed by atoms with Crippen molar-refractivity contribution in [3.8, 4) is 0 Å². The van der Waals surface area contributed by atoms with Gasteiger partial charge in [-0.1, -0.05) is 19.3 Å². The molecule has 0 aromatic carbocycles. The quantitative estimate of drug-likeness (QED) is 0.206. The second-order valence-electron chi connectivity index (χ2n) is 8.82. The van der Waals surface area contributed by atoms with Gasteiger partial charge in [-0.15, -0.1) is 0 Å². The summed E-state index contributed by atoms with van der Waals surface area (Å²) in [4.78, 5) is 0. The van der Waals surface area contributed by atoms with Gasteiger partial charge in [-0.25, -0.2) is 0 Å². The van der Waals surface area contributed by atoms with Crippen LogP contribution in [0.15, 0.2) is 0 Å². The van der Waals surface area contributed by atoms with E-state index in [9.17, 15) is 0 Å². The Morgan fingerprint density at radius 3 is 1.00 bits per heavy atom. The Hall–Kier alpha value is 1.30. The van der Waals surface area contributed by atoms with Crippen LogP contribution in [0.4, 0.5) is 0 Å². The van der Waals surface area contributed by atoms with Crippen LogP contribution in [-0.2, 0) is 22.0 Å². The van der Waals surface area contributed by atoms with Gasteiger partial charge in [0, 0.05) is 21.1 Å². The van der Waals surface area contributed by atoms with Gasteiger partial charge in [0.15, 0.2) is 0 Å². The predicted octanol–water partition coefficient (Wildman–Crippen LogP) is 8.58. The van der Waals surface area contributed by atoms with Crippen LogP contribution in [0.2, 0.25) is 0 Å². The van der Waals surface area contributed by atoms with Crippen LogP contribution in [0, 0.1) is 14.9 Å². The van der Waals surface area contributed by atoms with Crippen molar-refractivity contribution < 1.29 is 22.0 Å². The van der Waals surface area contributed by atoms with Crippen molar-refractivity contribution in [3.05, 3.63) is 14.9 Å². The molecule has 4 fully saturated rings. The summed E-state index contributed by atoms with van der Waals surface area (Å²) in [7, 11) is 4.52. The summed E-state index contributed by atoms with van der Waals surface area (Å²) >= 11 is 1.82. The SMILES string of the molecule is C1CCC([PH+](C2CCCCC2)C2CCCCC2)CC1.C1CCOC1.[CH3-].[CH3-].[Cl][Ru+2]. The molecule has 0 unspecified atom stereocenters. The monoisotopic (exact) mass is 520 g/mol. The molecule has 1 heterocycles. The zero-order chi connectivity index (χ0) is 18.5. The van der Waals surface area contributed by atoms with Crippen molar-refractivity contribution in [2.45, 2.75) is 126 Å². The number of ether oxygens (including phenoxy) is 1. The first-order valence-electron chi connectivity index (χ1n) is 11.5. The van der Waals surface area contributed by atoms with Crippen LogP contribution in [-0.4, -0.2) is 30.2 Å². The Labute approximate surface area is 193 Å². The first-order chi connectivity index (χ1) is 12.9.